The first-order chi connectivity index (χ1) is 32.3. The smallest absolute Gasteiger partial charge is 0.0939 e. The largest absolute Gasteiger partial charge is 0.240 e. The Kier molecular flexibility index (Phi) is 27.6. The highest BCUT2D eigenvalue weighted by Crippen LogP contribution is 2.52. The van der Waals surface area contributed by atoms with Crippen LogP contribution in [0.3, 0.4) is 0 Å². The van der Waals surface area contributed by atoms with Gasteiger partial charge < -0.3 is 0 Å². The first-order valence-electron chi connectivity index (χ1n) is 27.7. The van der Waals surface area contributed by atoms with Crippen LogP contribution in [0.1, 0.15) is 255 Å². The van der Waals surface area contributed by atoms with Crippen molar-refractivity contribution >= 4 is 97.6 Å². The van der Waals surface area contributed by atoms with E-state index in [2.05, 4.69) is 85.5 Å². The number of thiophene rings is 2. The van der Waals surface area contributed by atoms with Gasteiger partial charge in [-0.3, -0.25) is 0 Å². The summed E-state index contributed by atoms with van der Waals surface area (Å²) in [5.74, 6) is 1.55. The summed E-state index contributed by atoms with van der Waals surface area (Å²) in [7, 11) is 0. The van der Waals surface area contributed by atoms with Crippen molar-refractivity contribution < 1.29 is 0 Å². The van der Waals surface area contributed by atoms with Crippen LogP contribution in [-0.2, 0) is 25.7 Å². The summed E-state index contributed by atoms with van der Waals surface area (Å²) < 4.78 is 5.34. The second-order valence-corrected chi connectivity index (χ2v) is 26.8. The van der Waals surface area contributed by atoms with Gasteiger partial charge in [0.05, 0.1) is 38.0 Å². The van der Waals surface area contributed by atoms with Gasteiger partial charge in [-0.1, -0.05) is 208 Å². The molecule has 66 heavy (non-hydrogen) atoms. The van der Waals surface area contributed by atoms with Crippen LogP contribution in [0.5, 0.6) is 0 Å². The molecule has 0 aliphatic heterocycles. The van der Waals surface area contributed by atoms with E-state index < -0.39 is 0 Å². The van der Waals surface area contributed by atoms with E-state index >= 15 is 0 Å². The van der Waals surface area contributed by atoms with Gasteiger partial charge in [-0.25, -0.2) is 9.97 Å². The molecule has 0 saturated heterocycles. The van der Waals surface area contributed by atoms with Gasteiger partial charge in [-0.2, -0.15) is 0 Å². The molecular formula is C58H90Br2N2S4. The third kappa shape index (κ3) is 17.9. The molecule has 2 unspecified atom stereocenters. The zero-order valence-corrected chi connectivity index (χ0v) is 49.1. The zero-order chi connectivity index (χ0) is 46.9. The lowest BCUT2D eigenvalue weighted by molar-refractivity contribution is 0.421. The highest BCUT2D eigenvalue weighted by Gasteiger charge is 2.27. The quantitative estimate of drug-likeness (QED) is 0.0368. The number of nitrogens with zero attached hydrogens (tertiary/aromatic N) is 2. The lowest BCUT2D eigenvalue weighted by Gasteiger charge is -2.12. The number of hydrogen-bond donors (Lipinski definition) is 0. The van der Waals surface area contributed by atoms with Crippen molar-refractivity contribution in [1.29, 1.82) is 0 Å². The average molecular weight is 1100 g/mol. The van der Waals surface area contributed by atoms with Crippen LogP contribution in [0.2, 0.25) is 0 Å². The van der Waals surface area contributed by atoms with E-state index in [9.17, 15) is 0 Å². The Bertz CT molecular complexity index is 1870. The minimum absolute atomic E-state index is 0.774. The fraction of sp³-hybridized carbons (Fsp3) is 0.724. The molecule has 4 aromatic heterocycles. The highest BCUT2D eigenvalue weighted by atomic mass is 79.9. The summed E-state index contributed by atoms with van der Waals surface area (Å²) in [5, 5.41) is 2.62. The molecule has 370 valence electrons. The maximum Gasteiger partial charge on any atom is 0.0939 e. The second-order valence-electron chi connectivity index (χ2n) is 19.9. The number of benzene rings is 1. The van der Waals surface area contributed by atoms with Crippen molar-refractivity contribution in [1.82, 2.24) is 9.97 Å². The first kappa shape index (κ1) is 56.3. The molecule has 0 aliphatic carbocycles. The predicted octanol–water partition coefficient (Wildman–Crippen LogP) is 23.1. The molecule has 1 aromatic carbocycles. The summed E-state index contributed by atoms with van der Waals surface area (Å²) in [4.78, 5) is 14.2. The predicted molar refractivity (Wildman–Crippen MR) is 309 cm³/mol. The van der Waals surface area contributed by atoms with Crippen molar-refractivity contribution in [2.45, 2.75) is 260 Å². The topological polar surface area (TPSA) is 25.8 Å². The average Bonchev–Trinajstić information content (AvgIpc) is 4.12. The van der Waals surface area contributed by atoms with E-state index in [1.165, 1.54) is 263 Å². The minimum atomic E-state index is 0.774. The van der Waals surface area contributed by atoms with Crippen LogP contribution in [0.4, 0.5) is 0 Å². The molecule has 5 aromatic rings. The van der Waals surface area contributed by atoms with Gasteiger partial charge in [0.1, 0.15) is 0 Å². The molecule has 0 fully saturated rings. The van der Waals surface area contributed by atoms with Crippen molar-refractivity contribution in [2.24, 2.45) is 11.8 Å². The number of fused-ring (bicyclic) bond motifs is 2. The van der Waals surface area contributed by atoms with E-state index in [4.69, 9.17) is 9.97 Å². The monoisotopic (exact) mass is 1100 g/mol. The van der Waals surface area contributed by atoms with Gasteiger partial charge in [0, 0.05) is 20.9 Å². The van der Waals surface area contributed by atoms with Gasteiger partial charge >= 0.3 is 0 Å². The maximum atomic E-state index is 5.73. The number of aryl methyl sites for hydroxylation is 4. The molecule has 5 rings (SSSR count). The van der Waals surface area contributed by atoms with E-state index in [0.29, 0.717) is 0 Å². The van der Waals surface area contributed by atoms with Gasteiger partial charge in [0.25, 0.3) is 0 Å². The highest BCUT2D eigenvalue weighted by molar-refractivity contribution is 9.11. The number of halogens is 2. The van der Waals surface area contributed by atoms with E-state index in [0.717, 1.165) is 37.5 Å². The van der Waals surface area contributed by atoms with Crippen molar-refractivity contribution in [3.05, 3.63) is 40.8 Å². The molecule has 2 nitrogen and oxygen atoms in total. The summed E-state index contributed by atoms with van der Waals surface area (Å²) in [6.07, 6.45) is 44.8. The number of hydrogen-bond acceptors (Lipinski definition) is 6. The van der Waals surface area contributed by atoms with E-state index in [1.54, 1.807) is 0 Å². The van der Waals surface area contributed by atoms with Crippen molar-refractivity contribution in [3.8, 4) is 20.9 Å². The number of unbranched alkanes of at least 4 members (excludes halogenated alkanes) is 20. The Labute approximate surface area is 437 Å². The molecule has 0 radical (unpaired) electrons. The van der Waals surface area contributed by atoms with Crippen LogP contribution in [0, 0.1) is 11.8 Å². The van der Waals surface area contributed by atoms with Gasteiger partial charge in [0.15, 0.2) is 0 Å². The second kappa shape index (κ2) is 32.4. The normalized spacial score (nSPS) is 13.0. The third-order valence-electron chi connectivity index (χ3n) is 14.5. The molecule has 0 amide bonds. The maximum absolute atomic E-state index is 5.73. The lowest BCUT2D eigenvalue weighted by atomic mass is 9.94. The molecule has 0 saturated carbocycles. The minimum Gasteiger partial charge on any atom is -0.240 e. The number of aromatic nitrogens is 2. The van der Waals surface area contributed by atoms with Crippen molar-refractivity contribution in [2.75, 3.05) is 0 Å². The summed E-state index contributed by atoms with van der Waals surface area (Å²) >= 11 is 16.1. The van der Waals surface area contributed by atoms with Crippen molar-refractivity contribution in [3.63, 3.8) is 0 Å². The Hall–Kier alpha value is -0.640. The van der Waals surface area contributed by atoms with Gasteiger partial charge in [-0.05, 0) is 118 Å². The summed E-state index contributed by atoms with van der Waals surface area (Å²) in [6.45, 7) is 14.1. The molecule has 4 heterocycles. The van der Waals surface area contributed by atoms with Crippen LogP contribution >= 0.6 is 77.2 Å². The Morgan fingerprint density at radius 1 is 0.394 bits per heavy atom. The Morgan fingerprint density at radius 3 is 1.06 bits per heavy atom. The van der Waals surface area contributed by atoms with Gasteiger partial charge in [-0.15, -0.1) is 45.3 Å². The molecular weight excluding hydrogens is 1010 g/mol. The standard InChI is InChI=1S/C58H90Br2N2S4/c1-7-13-17-19-21-23-25-27-29-31-35-45-41-47(63-57(45)59)51-53-56(66-49(61-53)39-37-43(11-5)33-15-9-3)52(54-55(51)65-50(62-54)40-38-44(12-6)34-16-10-4)48-42-46(58(60)64-48)36-32-30-28-26-24-22-20-18-14-8-2/h41-44H,7-40H2,1-6H3. The Balaban J connectivity index is 1.48. The van der Waals surface area contributed by atoms with Crippen LogP contribution in [-0.4, -0.2) is 9.97 Å². The summed E-state index contributed by atoms with van der Waals surface area (Å²) in [6, 6.07) is 5.08. The van der Waals surface area contributed by atoms with Crippen LogP contribution in [0.15, 0.2) is 19.7 Å². The molecule has 0 aliphatic rings. The van der Waals surface area contributed by atoms with Crippen LogP contribution in [0.25, 0.3) is 41.3 Å². The Morgan fingerprint density at radius 2 is 0.727 bits per heavy atom. The fourth-order valence-electron chi connectivity index (χ4n) is 10.0. The molecule has 0 N–H and O–H groups in total. The molecule has 2 atom stereocenters. The molecule has 0 spiro atoms. The first-order valence-corrected chi connectivity index (χ1v) is 32.5. The lowest BCUT2D eigenvalue weighted by Crippen LogP contribution is -2.00. The number of rotatable bonds is 38. The number of thiazole rings is 2. The van der Waals surface area contributed by atoms with Gasteiger partial charge in [0.2, 0.25) is 0 Å². The van der Waals surface area contributed by atoms with E-state index in [-0.39, 0.29) is 0 Å². The third-order valence-corrected chi connectivity index (χ3v) is 20.7. The van der Waals surface area contributed by atoms with E-state index in [1.807, 2.05) is 45.3 Å². The fourth-order valence-corrected chi connectivity index (χ4v) is 16.1. The molecule has 0 bridgehead atoms. The van der Waals surface area contributed by atoms with Crippen LogP contribution < -0.4 is 0 Å². The zero-order valence-electron chi connectivity index (χ0n) is 42.6. The SMILES string of the molecule is CCCCCCCCCCCCc1cc(-c2c3nc(CCC(CC)CCCC)sc3c(-c3cc(CCCCCCCCCCCC)c(Br)s3)c3nc(CCC(CC)CCCC)sc23)sc1Br. The molecule has 8 heteroatoms. The summed E-state index contributed by atoms with van der Waals surface area (Å²) in [5.41, 5.74) is 8.11.